The van der Waals surface area contributed by atoms with E-state index in [4.69, 9.17) is 14.2 Å². The fourth-order valence-corrected chi connectivity index (χ4v) is 2.22. The monoisotopic (exact) mass is 365 g/mol. The zero-order chi connectivity index (χ0) is 15.8. The number of rotatable bonds is 8. The van der Waals surface area contributed by atoms with Crippen molar-refractivity contribution in [2.75, 3.05) is 13.7 Å². The Balaban J connectivity index is 1.96. The molecule has 4 nitrogen and oxygen atoms in total. The van der Waals surface area contributed by atoms with Crippen LogP contribution in [0.5, 0.6) is 17.4 Å². The van der Waals surface area contributed by atoms with Crippen LogP contribution in [0.25, 0.3) is 0 Å². The van der Waals surface area contributed by atoms with Gasteiger partial charge in [-0.25, -0.2) is 4.98 Å². The standard InChI is InChI=1S/C17H20BrNO3/c1-3-4-9-21-15-10-16(18)19-17(11-15)22-12-13-5-7-14(20-2)8-6-13/h5-8,10-11H,3-4,9,12H2,1-2H3. The molecule has 0 amide bonds. The van der Waals surface area contributed by atoms with Crippen LogP contribution in [0.2, 0.25) is 0 Å². The van der Waals surface area contributed by atoms with Gasteiger partial charge < -0.3 is 14.2 Å². The molecular formula is C17H20BrNO3. The van der Waals surface area contributed by atoms with Crippen molar-refractivity contribution >= 4 is 15.9 Å². The molecule has 1 aromatic carbocycles. The third-order valence-electron chi connectivity index (χ3n) is 3.06. The van der Waals surface area contributed by atoms with Crippen LogP contribution in [0.3, 0.4) is 0 Å². The highest BCUT2D eigenvalue weighted by molar-refractivity contribution is 9.10. The van der Waals surface area contributed by atoms with Crippen LogP contribution >= 0.6 is 15.9 Å². The van der Waals surface area contributed by atoms with Crippen LogP contribution in [0, 0.1) is 0 Å². The first-order valence-electron chi connectivity index (χ1n) is 7.27. The van der Waals surface area contributed by atoms with Gasteiger partial charge in [0.2, 0.25) is 5.88 Å². The lowest BCUT2D eigenvalue weighted by Crippen LogP contribution is -2.00. The molecule has 1 aromatic heterocycles. The molecule has 0 bridgehead atoms. The Morgan fingerprint density at radius 3 is 2.50 bits per heavy atom. The van der Waals surface area contributed by atoms with Crippen molar-refractivity contribution in [3.63, 3.8) is 0 Å². The molecule has 2 rings (SSSR count). The van der Waals surface area contributed by atoms with Crippen LogP contribution in [0.15, 0.2) is 41.0 Å². The van der Waals surface area contributed by atoms with Gasteiger partial charge in [0.05, 0.1) is 13.7 Å². The van der Waals surface area contributed by atoms with E-state index in [2.05, 4.69) is 27.8 Å². The van der Waals surface area contributed by atoms with Gasteiger partial charge in [0, 0.05) is 12.1 Å². The Morgan fingerprint density at radius 2 is 1.82 bits per heavy atom. The molecule has 0 aliphatic rings. The van der Waals surface area contributed by atoms with E-state index in [9.17, 15) is 0 Å². The van der Waals surface area contributed by atoms with Crippen molar-refractivity contribution in [1.29, 1.82) is 0 Å². The molecule has 0 radical (unpaired) electrons. The summed E-state index contributed by atoms with van der Waals surface area (Å²) in [6.45, 7) is 3.28. The minimum Gasteiger partial charge on any atom is -0.497 e. The number of hydrogen-bond donors (Lipinski definition) is 0. The maximum Gasteiger partial charge on any atom is 0.218 e. The first-order valence-corrected chi connectivity index (χ1v) is 8.06. The third-order valence-corrected chi connectivity index (χ3v) is 3.46. The maximum absolute atomic E-state index is 5.73. The Hall–Kier alpha value is -1.75. The Labute approximate surface area is 139 Å². The fraction of sp³-hybridized carbons (Fsp3) is 0.353. The van der Waals surface area contributed by atoms with E-state index in [1.807, 2.05) is 36.4 Å². The van der Waals surface area contributed by atoms with E-state index in [1.54, 1.807) is 7.11 Å². The van der Waals surface area contributed by atoms with Gasteiger partial charge in [0.15, 0.2) is 0 Å². The number of ether oxygens (including phenoxy) is 3. The molecule has 2 aromatic rings. The van der Waals surface area contributed by atoms with Crippen molar-refractivity contribution in [2.24, 2.45) is 0 Å². The summed E-state index contributed by atoms with van der Waals surface area (Å²) in [5.41, 5.74) is 1.05. The van der Waals surface area contributed by atoms with Crippen LogP contribution in [0.1, 0.15) is 25.3 Å². The zero-order valence-corrected chi connectivity index (χ0v) is 14.4. The summed E-state index contributed by atoms with van der Waals surface area (Å²) in [5.74, 6) is 2.13. The highest BCUT2D eigenvalue weighted by atomic mass is 79.9. The molecule has 0 unspecified atom stereocenters. The molecule has 0 saturated carbocycles. The second-order valence-corrected chi connectivity index (χ2v) is 5.62. The SMILES string of the molecule is CCCCOc1cc(Br)nc(OCc2ccc(OC)cc2)c1. The van der Waals surface area contributed by atoms with E-state index in [-0.39, 0.29) is 0 Å². The van der Waals surface area contributed by atoms with E-state index in [0.29, 0.717) is 23.7 Å². The van der Waals surface area contributed by atoms with Gasteiger partial charge in [-0.05, 0) is 40.0 Å². The zero-order valence-electron chi connectivity index (χ0n) is 12.8. The largest absolute Gasteiger partial charge is 0.497 e. The van der Waals surface area contributed by atoms with E-state index >= 15 is 0 Å². The van der Waals surface area contributed by atoms with Gasteiger partial charge >= 0.3 is 0 Å². The number of halogens is 1. The number of nitrogens with zero attached hydrogens (tertiary/aromatic N) is 1. The average molecular weight is 366 g/mol. The molecule has 0 saturated heterocycles. The van der Waals surface area contributed by atoms with Crippen LogP contribution in [-0.4, -0.2) is 18.7 Å². The van der Waals surface area contributed by atoms with Crippen molar-refractivity contribution in [3.05, 3.63) is 46.6 Å². The lowest BCUT2D eigenvalue weighted by molar-refractivity contribution is 0.282. The normalized spacial score (nSPS) is 10.3. The fourth-order valence-electron chi connectivity index (χ4n) is 1.82. The third kappa shape index (κ3) is 5.22. The van der Waals surface area contributed by atoms with Gasteiger partial charge in [-0.15, -0.1) is 0 Å². The molecular weight excluding hydrogens is 346 g/mol. The van der Waals surface area contributed by atoms with E-state index < -0.39 is 0 Å². The molecule has 0 aliphatic carbocycles. The predicted octanol–water partition coefficient (Wildman–Crippen LogP) is 4.61. The molecule has 0 N–H and O–H groups in total. The second-order valence-electron chi connectivity index (χ2n) is 4.80. The summed E-state index contributed by atoms with van der Waals surface area (Å²) >= 11 is 3.38. The number of pyridine rings is 1. The number of methoxy groups -OCH3 is 1. The number of aromatic nitrogens is 1. The molecule has 0 aliphatic heterocycles. The number of hydrogen-bond acceptors (Lipinski definition) is 4. The molecule has 0 spiro atoms. The maximum atomic E-state index is 5.73. The lowest BCUT2D eigenvalue weighted by atomic mass is 10.2. The van der Waals surface area contributed by atoms with E-state index in [1.165, 1.54) is 0 Å². The Morgan fingerprint density at radius 1 is 1.05 bits per heavy atom. The topological polar surface area (TPSA) is 40.6 Å². The minimum absolute atomic E-state index is 0.446. The quantitative estimate of drug-likeness (QED) is 0.505. The molecule has 1 heterocycles. The summed E-state index contributed by atoms with van der Waals surface area (Å²) in [6, 6.07) is 11.4. The van der Waals surface area contributed by atoms with Crippen molar-refractivity contribution in [3.8, 4) is 17.4 Å². The molecule has 5 heteroatoms. The number of unbranched alkanes of at least 4 members (excludes halogenated alkanes) is 1. The van der Waals surface area contributed by atoms with Gasteiger partial charge in [-0.3, -0.25) is 0 Å². The Bertz CT molecular complexity index is 587. The van der Waals surface area contributed by atoms with Crippen LogP contribution in [0.4, 0.5) is 0 Å². The molecule has 0 fully saturated rings. The summed E-state index contributed by atoms with van der Waals surface area (Å²) in [6.07, 6.45) is 2.13. The van der Waals surface area contributed by atoms with Gasteiger partial charge in [0.1, 0.15) is 22.7 Å². The highest BCUT2D eigenvalue weighted by Crippen LogP contribution is 2.24. The van der Waals surface area contributed by atoms with Gasteiger partial charge in [0.25, 0.3) is 0 Å². The summed E-state index contributed by atoms with van der Waals surface area (Å²) in [4.78, 5) is 4.30. The van der Waals surface area contributed by atoms with Crippen molar-refractivity contribution < 1.29 is 14.2 Å². The number of benzene rings is 1. The average Bonchev–Trinajstić information content (AvgIpc) is 2.53. The molecule has 118 valence electrons. The Kier molecular flexibility index (Phi) is 6.52. The summed E-state index contributed by atoms with van der Waals surface area (Å²) < 4.78 is 17.2. The molecule has 0 atom stereocenters. The van der Waals surface area contributed by atoms with Gasteiger partial charge in [-0.2, -0.15) is 0 Å². The van der Waals surface area contributed by atoms with Crippen LogP contribution < -0.4 is 14.2 Å². The first kappa shape index (κ1) is 16.6. The minimum atomic E-state index is 0.446. The smallest absolute Gasteiger partial charge is 0.218 e. The lowest BCUT2D eigenvalue weighted by Gasteiger charge is -2.10. The summed E-state index contributed by atoms with van der Waals surface area (Å²) in [5, 5.41) is 0. The highest BCUT2D eigenvalue weighted by Gasteiger charge is 2.04. The van der Waals surface area contributed by atoms with Crippen molar-refractivity contribution in [2.45, 2.75) is 26.4 Å². The molecule has 22 heavy (non-hydrogen) atoms. The predicted molar refractivity (Wildman–Crippen MR) is 89.7 cm³/mol. The van der Waals surface area contributed by atoms with E-state index in [0.717, 1.165) is 29.9 Å². The van der Waals surface area contributed by atoms with Gasteiger partial charge in [-0.1, -0.05) is 25.5 Å². The first-order chi connectivity index (χ1) is 10.7. The second kappa shape index (κ2) is 8.63. The van der Waals surface area contributed by atoms with Crippen LogP contribution in [-0.2, 0) is 6.61 Å². The summed E-state index contributed by atoms with van der Waals surface area (Å²) in [7, 11) is 1.65. The van der Waals surface area contributed by atoms with Crippen molar-refractivity contribution in [1.82, 2.24) is 4.98 Å².